The molecule has 0 amide bonds. The van der Waals surface area contributed by atoms with Gasteiger partial charge in [0, 0.05) is 12.1 Å². The Kier molecular flexibility index (Phi) is 4.48. The van der Waals surface area contributed by atoms with Gasteiger partial charge in [0.25, 0.3) is 0 Å². The Morgan fingerprint density at radius 2 is 1.65 bits per heavy atom. The van der Waals surface area contributed by atoms with Gasteiger partial charge in [0.1, 0.15) is 0 Å². The summed E-state index contributed by atoms with van der Waals surface area (Å²) in [5.74, 6) is -1.05. The van der Waals surface area contributed by atoms with E-state index in [1.54, 1.807) is 6.07 Å². The molecule has 0 unspecified atom stereocenters. The van der Waals surface area contributed by atoms with Crippen LogP contribution in [0, 0.1) is 6.92 Å². The first-order valence-electron chi connectivity index (χ1n) is 6.57. The lowest BCUT2D eigenvalue weighted by atomic mass is 10.1. The minimum atomic E-state index is -0.469. The molecule has 0 atom stereocenters. The standard InChI is InChI=1S/C16H19NO3/c1-11-4-2-3-5-12(11)8-9-17-10-13-6-7-14(18)16(20)15(13)19/h2-7,17-20H,8-10H2,1H3. The van der Waals surface area contributed by atoms with Crippen molar-refractivity contribution in [2.75, 3.05) is 6.54 Å². The van der Waals surface area contributed by atoms with Crippen LogP contribution in [0.15, 0.2) is 36.4 Å². The van der Waals surface area contributed by atoms with Crippen molar-refractivity contribution in [1.29, 1.82) is 0 Å². The number of benzene rings is 2. The van der Waals surface area contributed by atoms with Crippen molar-refractivity contribution in [2.24, 2.45) is 0 Å². The maximum atomic E-state index is 9.69. The molecule has 20 heavy (non-hydrogen) atoms. The van der Waals surface area contributed by atoms with Gasteiger partial charge in [-0.2, -0.15) is 0 Å². The van der Waals surface area contributed by atoms with E-state index in [4.69, 9.17) is 0 Å². The number of nitrogens with one attached hydrogen (secondary N) is 1. The summed E-state index contributed by atoms with van der Waals surface area (Å²) in [4.78, 5) is 0. The largest absolute Gasteiger partial charge is 0.504 e. The maximum absolute atomic E-state index is 9.69. The quantitative estimate of drug-likeness (QED) is 0.499. The first-order valence-corrected chi connectivity index (χ1v) is 6.57. The summed E-state index contributed by atoms with van der Waals surface area (Å²) in [6, 6.07) is 11.2. The average molecular weight is 273 g/mol. The second kappa shape index (κ2) is 6.30. The number of phenolic OH excluding ortho intramolecular Hbond substituents is 3. The van der Waals surface area contributed by atoms with E-state index in [0.717, 1.165) is 13.0 Å². The average Bonchev–Trinajstić information content (AvgIpc) is 2.45. The Hall–Kier alpha value is -2.20. The van der Waals surface area contributed by atoms with Gasteiger partial charge in [-0.1, -0.05) is 30.3 Å². The Morgan fingerprint density at radius 1 is 0.900 bits per heavy atom. The van der Waals surface area contributed by atoms with Crippen LogP contribution in [0.2, 0.25) is 0 Å². The summed E-state index contributed by atoms with van der Waals surface area (Å²) >= 11 is 0. The number of phenols is 3. The molecular weight excluding hydrogens is 254 g/mol. The van der Waals surface area contributed by atoms with E-state index in [2.05, 4.69) is 24.4 Å². The van der Waals surface area contributed by atoms with E-state index in [1.165, 1.54) is 17.2 Å². The molecule has 0 aliphatic heterocycles. The van der Waals surface area contributed by atoms with Gasteiger partial charge in [-0.3, -0.25) is 0 Å². The van der Waals surface area contributed by atoms with E-state index >= 15 is 0 Å². The monoisotopic (exact) mass is 273 g/mol. The van der Waals surface area contributed by atoms with Crippen molar-refractivity contribution in [3.8, 4) is 17.2 Å². The third kappa shape index (κ3) is 3.22. The summed E-state index contributed by atoms with van der Waals surface area (Å²) in [7, 11) is 0. The highest BCUT2D eigenvalue weighted by Gasteiger charge is 2.10. The predicted molar refractivity (Wildman–Crippen MR) is 78.0 cm³/mol. The minimum absolute atomic E-state index is 0.270. The van der Waals surface area contributed by atoms with Crippen LogP contribution in [0.3, 0.4) is 0 Å². The molecular formula is C16H19NO3. The third-order valence-corrected chi connectivity index (χ3v) is 3.36. The summed E-state index contributed by atoms with van der Waals surface area (Å²) in [5, 5.41) is 31.6. The van der Waals surface area contributed by atoms with Crippen LogP contribution in [0.1, 0.15) is 16.7 Å². The number of aromatic hydroxyl groups is 3. The molecule has 0 fully saturated rings. The van der Waals surface area contributed by atoms with Crippen LogP contribution < -0.4 is 5.32 Å². The molecule has 4 heteroatoms. The summed E-state index contributed by atoms with van der Waals surface area (Å²) in [5.41, 5.74) is 3.11. The molecule has 0 radical (unpaired) electrons. The van der Waals surface area contributed by atoms with Gasteiger partial charge in [-0.15, -0.1) is 0 Å². The second-order valence-electron chi connectivity index (χ2n) is 4.79. The number of hydrogen-bond donors (Lipinski definition) is 4. The molecule has 4 N–H and O–H groups in total. The van der Waals surface area contributed by atoms with Crippen LogP contribution in [0.25, 0.3) is 0 Å². The van der Waals surface area contributed by atoms with E-state index in [-0.39, 0.29) is 11.5 Å². The highest BCUT2D eigenvalue weighted by molar-refractivity contribution is 5.53. The third-order valence-electron chi connectivity index (χ3n) is 3.36. The molecule has 2 aromatic rings. The van der Waals surface area contributed by atoms with Gasteiger partial charge < -0.3 is 20.6 Å². The molecule has 106 valence electrons. The smallest absolute Gasteiger partial charge is 0.200 e. The van der Waals surface area contributed by atoms with Crippen molar-refractivity contribution in [3.05, 3.63) is 53.1 Å². The lowest BCUT2D eigenvalue weighted by molar-refractivity contribution is 0.364. The topological polar surface area (TPSA) is 72.7 Å². The van der Waals surface area contributed by atoms with Crippen molar-refractivity contribution >= 4 is 0 Å². The summed E-state index contributed by atoms with van der Waals surface area (Å²) < 4.78 is 0. The normalized spacial score (nSPS) is 10.7. The van der Waals surface area contributed by atoms with Gasteiger partial charge in [0.2, 0.25) is 5.75 Å². The zero-order valence-electron chi connectivity index (χ0n) is 11.4. The Balaban J connectivity index is 1.88. The predicted octanol–water partition coefficient (Wildman–Crippen LogP) is 2.44. The molecule has 4 nitrogen and oxygen atoms in total. The number of rotatable bonds is 5. The van der Waals surface area contributed by atoms with Gasteiger partial charge >= 0.3 is 0 Å². The Labute approximate surface area is 118 Å². The first-order chi connectivity index (χ1) is 9.59. The van der Waals surface area contributed by atoms with Crippen molar-refractivity contribution in [2.45, 2.75) is 19.9 Å². The molecule has 0 heterocycles. The molecule has 0 aliphatic rings. The van der Waals surface area contributed by atoms with Crippen LogP contribution in [-0.4, -0.2) is 21.9 Å². The van der Waals surface area contributed by atoms with Crippen LogP contribution in [0.4, 0.5) is 0 Å². The van der Waals surface area contributed by atoms with Gasteiger partial charge in [0.15, 0.2) is 11.5 Å². The fourth-order valence-corrected chi connectivity index (χ4v) is 2.09. The molecule has 2 aromatic carbocycles. The van der Waals surface area contributed by atoms with Crippen LogP contribution in [-0.2, 0) is 13.0 Å². The first kappa shape index (κ1) is 14.2. The number of hydrogen-bond acceptors (Lipinski definition) is 4. The van der Waals surface area contributed by atoms with E-state index in [9.17, 15) is 15.3 Å². The lowest BCUT2D eigenvalue weighted by Gasteiger charge is -2.10. The number of aryl methyl sites for hydroxylation is 1. The summed E-state index contributed by atoms with van der Waals surface area (Å²) in [6.45, 7) is 3.29. The zero-order chi connectivity index (χ0) is 14.5. The van der Waals surface area contributed by atoms with Gasteiger partial charge in [-0.25, -0.2) is 0 Å². The van der Waals surface area contributed by atoms with Crippen molar-refractivity contribution < 1.29 is 15.3 Å². The molecule has 0 aliphatic carbocycles. The molecule has 0 aromatic heterocycles. The fourth-order valence-electron chi connectivity index (χ4n) is 2.09. The van der Waals surface area contributed by atoms with Crippen molar-refractivity contribution in [3.63, 3.8) is 0 Å². The fraction of sp³-hybridized carbons (Fsp3) is 0.250. The molecule has 0 spiro atoms. The highest BCUT2D eigenvalue weighted by atomic mass is 16.3. The lowest BCUT2D eigenvalue weighted by Crippen LogP contribution is -2.17. The molecule has 2 rings (SSSR count). The highest BCUT2D eigenvalue weighted by Crippen LogP contribution is 2.36. The van der Waals surface area contributed by atoms with Gasteiger partial charge in [0.05, 0.1) is 0 Å². The SMILES string of the molecule is Cc1ccccc1CCNCc1ccc(O)c(O)c1O. The van der Waals surface area contributed by atoms with E-state index in [1.807, 2.05) is 12.1 Å². The maximum Gasteiger partial charge on any atom is 0.200 e. The van der Waals surface area contributed by atoms with Crippen LogP contribution in [0.5, 0.6) is 17.2 Å². The van der Waals surface area contributed by atoms with Crippen molar-refractivity contribution in [1.82, 2.24) is 5.32 Å². The Bertz CT molecular complexity index is 596. The Morgan fingerprint density at radius 3 is 2.40 bits per heavy atom. The van der Waals surface area contributed by atoms with E-state index in [0.29, 0.717) is 12.1 Å². The molecule has 0 saturated carbocycles. The summed E-state index contributed by atoms with van der Waals surface area (Å²) in [6.07, 6.45) is 0.900. The second-order valence-corrected chi connectivity index (χ2v) is 4.79. The molecule has 0 saturated heterocycles. The van der Waals surface area contributed by atoms with Gasteiger partial charge in [-0.05, 0) is 37.1 Å². The minimum Gasteiger partial charge on any atom is -0.504 e. The van der Waals surface area contributed by atoms with E-state index < -0.39 is 5.75 Å². The molecule has 0 bridgehead atoms. The zero-order valence-corrected chi connectivity index (χ0v) is 11.4. The van der Waals surface area contributed by atoms with Crippen LogP contribution >= 0.6 is 0 Å².